The zero-order valence-corrected chi connectivity index (χ0v) is 12.8. The van der Waals surface area contributed by atoms with Crippen LogP contribution in [-0.2, 0) is 9.53 Å². The summed E-state index contributed by atoms with van der Waals surface area (Å²) in [6.45, 7) is 2.20. The van der Waals surface area contributed by atoms with Gasteiger partial charge in [0, 0.05) is 7.11 Å². The van der Waals surface area contributed by atoms with E-state index in [4.69, 9.17) is 4.74 Å². The molecular formula is C17H25NO3. The second-order valence-electron chi connectivity index (χ2n) is 6.14. The Kier molecular flexibility index (Phi) is 5.37. The predicted octanol–water partition coefficient (Wildman–Crippen LogP) is 2.43. The van der Waals surface area contributed by atoms with Crippen molar-refractivity contribution in [1.82, 2.24) is 5.32 Å². The Hall–Kier alpha value is -1.39. The van der Waals surface area contributed by atoms with Gasteiger partial charge in [0.2, 0.25) is 0 Å². The molecule has 0 bridgehead atoms. The summed E-state index contributed by atoms with van der Waals surface area (Å²) in [6.07, 6.45) is 3.07. The first kappa shape index (κ1) is 16.0. The van der Waals surface area contributed by atoms with Gasteiger partial charge in [-0.2, -0.15) is 0 Å². The minimum atomic E-state index is -0.631. The quantitative estimate of drug-likeness (QED) is 0.876. The standard InChI is InChI=1S/C17H25NO3/c1-13-8-10-17(12-19,11-9-13)18-16(20)15(21-2)14-6-4-3-5-7-14/h3-7,13,15,19H,8-12H2,1-2H3,(H,18,20). The Morgan fingerprint density at radius 2 is 2.00 bits per heavy atom. The molecule has 1 aliphatic rings. The molecule has 4 nitrogen and oxygen atoms in total. The average Bonchev–Trinajstić information content (AvgIpc) is 2.52. The number of ether oxygens (including phenoxy) is 1. The van der Waals surface area contributed by atoms with Crippen molar-refractivity contribution < 1.29 is 14.6 Å². The fourth-order valence-electron chi connectivity index (χ4n) is 2.99. The molecule has 0 spiro atoms. The minimum absolute atomic E-state index is 0.0172. The Morgan fingerprint density at radius 1 is 1.38 bits per heavy atom. The van der Waals surface area contributed by atoms with Gasteiger partial charge >= 0.3 is 0 Å². The van der Waals surface area contributed by atoms with Crippen LogP contribution in [0.15, 0.2) is 30.3 Å². The van der Waals surface area contributed by atoms with Crippen LogP contribution in [0.3, 0.4) is 0 Å². The minimum Gasteiger partial charge on any atom is -0.394 e. The summed E-state index contributed by atoms with van der Waals surface area (Å²) in [5, 5.41) is 12.8. The van der Waals surface area contributed by atoms with Crippen LogP contribution in [0.25, 0.3) is 0 Å². The smallest absolute Gasteiger partial charge is 0.254 e. The molecule has 1 atom stereocenters. The fraction of sp³-hybridized carbons (Fsp3) is 0.588. The van der Waals surface area contributed by atoms with Gasteiger partial charge in [-0.25, -0.2) is 0 Å². The van der Waals surface area contributed by atoms with E-state index in [1.807, 2.05) is 30.3 Å². The lowest BCUT2D eigenvalue weighted by Crippen LogP contribution is -2.54. The second kappa shape index (κ2) is 7.05. The van der Waals surface area contributed by atoms with Gasteiger partial charge in [-0.15, -0.1) is 0 Å². The predicted molar refractivity (Wildman–Crippen MR) is 81.8 cm³/mol. The van der Waals surface area contributed by atoms with Gasteiger partial charge in [-0.1, -0.05) is 37.3 Å². The van der Waals surface area contributed by atoms with Crippen molar-refractivity contribution >= 4 is 5.91 Å². The molecule has 1 fully saturated rings. The molecule has 0 heterocycles. The van der Waals surface area contributed by atoms with E-state index in [9.17, 15) is 9.90 Å². The molecule has 0 saturated heterocycles. The van der Waals surface area contributed by atoms with Crippen molar-refractivity contribution in [3.63, 3.8) is 0 Å². The van der Waals surface area contributed by atoms with Gasteiger partial charge in [-0.05, 0) is 37.2 Å². The summed E-state index contributed by atoms with van der Waals surface area (Å²) in [5.41, 5.74) is 0.338. The van der Waals surface area contributed by atoms with Crippen LogP contribution in [0.4, 0.5) is 0 Å². The topological polar surface area (TPSA) is 58.6 Å². The summed E-state index contributed by atoms with van der Waals surface area (Å²) < 4.78 is 5.36. The monoisotopic (exact) mass is 291 g/mol. The molecule has 116 valence electrons. The number of carbonyl (C=O) groups excluding carboxylic acids is 1. The van der Waals surface area contributed by atoms with Crippen LogP contribution < -0.4 is 5.32 Å². The lowest BCUT2D eigenvalue weighted by atomic mass is 9.77. The number of rotatable bonds is 5. The van der Waals surface area contributed by atoms with Crippen molar-refractivity contribution in [3.05, 3.63) is 35.9 Å². The number of hydrogen-bond acceptors (Lipinski definition) is 3. The zero-order valence-electron chi connectivity index (χ0n) is 12.8. The maximum Gasteiger partial charge on any atom is 0.254 e. The fourth-order valence-corrected chi connectivity index (χ4v) is 2.99. The van der Waals surface area contributed by atoms with E-state index >= 15 is 0 Å². The van der Waals surface area contributed by atoms with Gasteiger partial charge in [0.15, 0.2) is 6.10 Å². The molecule has 1 saturated carbocycles. The summed E-state index contributed by atoms with van der Waals surface area (Å²) >= 11 is 0. The van der Waals surface area contributed by atoms with Crippen LogP contribution in [-0.4, -0.2) is 30.3 Å². The van der Waals surface area contributed by atoms with Gasteiger partial charge in [0.05, 0.1) is 12.1 Å². The maximum absolute atomic E-state index is 12.5. The average molecular weight is 291 g/mol. The van der Waals surface area contributed by atoms with Crippen LogP contribution in [0.2, 0.25) is 0 Å². The SMILES string of the molecule is COC(C(=O)NC1(CO)CCC(C)CC1)c1ccccc1. The highest BCUT2D eigenvalue weighted by molar-refractivity contribution is 5.83. The third kappa shape index (κ3) is 3.83. The molecule has 2 rings (SSSR count). The van der Waals surface area contributed by atoms with Crippen molar-refractivity contribution in [2.24, 2.45) is 5.92 Å². The molecule has 1 amide bonds. The molecule has 0 aromatic heterocycles. The van der Waals surface area contributed by atoms with Gasteiger partial charge in [0.1, 0.15) is 0 Å². The van der Waals surface area contributed by atoms with E-state index in [2.05, 4.69) is 12.2 Å². The Morgan fingerprint density at radius 3 is 2.52 bits per heavy atom. The number of nitrogens with one attached hydrogen (secondary N) is 1. The van der Waals surface area contributed by atoms with Crippen molar-refractivity contribution in [1.29, 1.82) is 0 Å². The second-order valence-corrected chi connectivity index (χ2v) is 6.14. The first-order chi connectivity index (χ1) is 10.1. The molecule has 1 unspecified atom stereocenters. The largest absolute Gasteiger partial charge is 0.394 e. The molecule has 1 aromatic rings. The van der Waals surface area contributed by atoms with Gasteiger partial charge < -0.3 is 15.2 Å². The Balaban J connectivity index is 2.08. The van der Waals surface area contributed by atoms with Crippen molar-refractivity contribution in [2.75, 3.05) is 13.7 Å². The third-order valence-electron chi connectivity index (χ3n) is 4.50. The van der Waals surface area contributed by atoms with E-state index in [0.29, 0.717) is 5.92 Å². The van der Waals surface area contributed by atoms with Crippen LogP contribution in [0, 0.1) is 5.92 Å². The summed E-state index contributed by atoms with van der Waals surface area (Å²) in [7, 11) is 1.53. The van der Waals surface area contributed by atoms with Crippen molar-refractivity contribution in [3.8, 4) is 0 Å². The molecular weight excluding hydrogens is 266 g/mol. The van der Waals surface area contributed by atoms with E-state index in [0.717, 1.165) is 31.2 Å². The lowest BCUT2D eigenvalue weighted by molar-refractivity contribution is -0.134. The summed E-state index contributed by atoms with van der Waals surface area (Å²) in [6, 6.07) is 9.44. The van der Waals surface area contributed by atoms with Gasteiger partial charge in [0.25, 0.3) is 5.91 Å². The molecule has 4 heteroatoms. The molecule has 1 aromatic carbocycles. The number of aliphatic hydroxyl groups excluding tert-OH is 1. The van der Waals surface area contributed by atoms with Crippen LogP contribution in [0.5, 0.6) is 0 Å². The molecule has 1 aliphatic carbocycles. The molecule has 21 heavy (non-hydrogen) atoms. The van der Waals surface area contributed by atoms with Crippen LogP contribution in [0.1, 0.15) is 44.3 Å². The number of aliphatic hydroxyl groups is 1. The number of carbonyl (C=O) groups is 1. The third-order valence-corrected chi connectivity index (χ3v) is 4.50. The maximum atomic E-state index is 12.5. The highest BCUT2D eigenvalue weighted by atomic mass is 16.5. The van der Waals surface area contributed by atoms with E-state index in [1.54, 1.807) is 0 Å². The highest BCUT2D eigenvalue weighted by Crippen LogP contribution is 2.32. The Bertz CT molecular complexity index is 452. The number of methoxy groups -OCH3 is 1. The molecule has 0 aliphatic heterocycles. The number of amides is 1. The van der Waals surface area contributed by atoms with E-state index in [1.165, 1.54) is 7.11 Å². The Labute approximate surface area is 126 Å². The summed E-state index contributed by atoms with van der Waals surface area (Å²) in [4.78, 5) is 12.5. The van der Waals surface area contributed by atoms with Gasteiger partial charge in [-0.3, -0.25) is 4.79 Å². The number of benzene rings is 1. The highest BCUT2D eigenvalue weighted by Gasteiger charge is 2.36. The summed E-state index contributed by atoms with van der Waals surface area (Å²) in [5.74, 6) is 0.487. The van der Waals surface area contributed by atoms with E-state index in [-0.39, 0.29) is 12.5 Å². The molecule has 2 N–H and O–H groups in total. The first-order valence-corrected chi connectivity index (χ1v) is 7.61. The van der Waals surface area contributed by atoms with Crippen molar-refractivity contribution in [2.45, 2.75) is 44.2 Å². The number of hydrogen-bond donors (Lipinski definition) is 2. The van der Waals surface area contributed by atoms with E-state index < -0.39 is 11.6 Å². The normalized spacial score (nSPS) is 27.1. The zero-order chi connectivity index (χ0) is 15.3. The molecule has 0 radical (unpaired) electrons. The van der Waals surface area contributed by atoms with Crippen LogP contribution >= 0.6 is 0 Å². The first-order valence-electron chi connectivity index (χ1n) is 7.61. The lowest BCUT2D eigenvalue weighted by Gasteiger charge is -2.39.